The largest absolute Gasteiger partial charge is 0.491 e. The highest BCUT2D eigenvalue weighted by atomic mass is 79.9. The van der Waals surface area contributed by atoms with Gasteiger partial charge in [-0.25, -0.2) is 0 Å². The summed E-state index contributed by atoms with van der Waals surface area (Å²) in [4.78, 5) is 11.7. The molecule has 0 bridgehead atoms. The number of anilines is 2. The molecule has 0 saturated carbocycles. The maximum Gasteiger partial charge on any atom is 0.227 e. The van der Waals surface area contributed by atoms with Gasteiger partial charge in [-0.2, -0.15) is 0 Å². The SMILES string of the molecule is Nc1ccccc1OCCC(=O)Nc1ccc(Br)cc1. The lowest BCUT2D eigenvalue weighted by Crippen LogP contribution is -2.15. The van der Waals surface area contributed by atoms with E-state index in [1.165, 1.54) is 0 Å². The van der Waals surface area contributed by atoms with Crippen LogP contribution in [0.3, 0.4) is 0 Å². The number of ether oxygens (including phenoxy) is 1. The quantitative estimate of drug-likeness (QED) is 0.823. The molecule has 20 heavy (non-hydrogen) atoms. The van der Waals surface area contributed by atoms with Crippen molar-refractivity contribution in [3.63, 3.8) is 0 Å². The van der Waals surface area contributed by atoms with Crippen molar-refractivity contribution in [1.82, 2.24) is 0 Å². The molecule has 3 N–H and O–H groups in total. The third kappa shape index (κ3) is 4.28. The number of rotatable bonds is 5. The zero-order valence-corrected chi connectivity index (χ0v) is 12.4. The van der Waals surface area contributed by atoms with Crippen LogP contribution in [0, 0.1) is 0 Å². The average molecular weight is 335 g/mol. The van der Waals surface area contributed by atoms with E-state index >= 15 is 0 Å². The molecule has 104 valence electrons. The van der Waals surface area contributed by atoms with Crippen molar-refractivity contribution >= 4 is 33.2 Å². The number of carbonyl (C=O) groups is 1. The second kappa shape index (κ2) is 6.96. The van der Waals surface area contributed by atoms with Crippen molar-refractivity contribution in [3.05, 3.63) is 53.0 Å². The van der Waals surface area contributed by atoms with Crippen LogP contribution < -0.4 is 15.8 Å². The lowest BCUT2D eigenvalue weighted by molar-refractivity contribution is -0.116. The fraction of sp³-hybridized carbons (Fsp3) is 0.133. The van der Waals surface area contributed by atoms with Crippen molar-refractivity contribution in [2.24, 2.45) is 0 Å². The minimum absolute atomic E-state index is 0.0955. The lowest BCUT2D eigenvalue weighted by atomic mass is 10.3. The Labute approximate surface area is 126 Å². The number of hydrogen-bond donors (Lipinski definition) is 2. The Bertz CT molecular complexity index is 585. The summed E-state index contributed by atoms with van der Waals surface area (Å²) in [5.74, 6) is 0.505. The van der Waals surface area contributed by atoms with Crippen LogP contribution in [0.15, 0.2) is 53.0 Å². The molecule has 1 amide bonds. The highest BCUT2D eigenvalue weighted by Crippen LogP contribution is 2.20. The van der Waals surface area contributed by atoms with Gasteiger partial charge in [0.1, 0.15) is 5.75 Å². The van der Waals surface area contributed by atoms with E-state index in [2.05, 4.69) is 21.2 Å². The summed E-state index contributed by atoms with van der Waals surface area (Å²) >= 11 is 3.34. The van der Waals surface area contributed by atoms with Crippen LogP contribution in [0.2, 0.25) is 0 Å². The van der Waals surface area contributed by atoms with Crippen molar-refractivity contribution in [1.29, 1.82) is 0 Å². The summed E-state index contributed by atoms with van der Waals surface area (Å²) in [6.45, 7) is 0.288. The second-order valence-electron chi connectivity index (χ2n) is 4.19. The molecule has 2 aromatic rings. The monoisotopic (exact) mass is 334 g/mol. The fourth-order valence-electron chi connectivity index (χ4n) is 1.62. The molecular formula is C15H15BrN2O2. The van der Waals surface area contributed by atoms with Gasteiger partial charge in [-0.15, -0.1) is 0 Å². The molecule has 4 nitrogen and oxygen atoms in total. The Morgan fingerprint density at radius 3 is 2.55 bits per heavy atom. The van der Waals surface area contributed by atoms with Gasteiger partial charge in [0.15, 0.2) is 0 Å². The van der Waals surface area contributed by atoms with E-state index in [1.807, 2.05) is 36.4 Å². The van der Waals surface area contributed by atoms with Crippen LogP contribution in [0.25, 0.3) is 0 Å². The molecule has 0 aliphatic rings. The first-order valence-corrected chi connectivity index (χ1v) is 6.97. The van der Waals surface area contributed by atoms with Crippen molar-refractivity contribution < 1.29 is 9.53 Å². The van der Waals surface area contributed by atoms with E-state index in [4.69, 9.17) is 10.5 Å². The van der Waals surface area contributed by atoms with Gasteiger partial charge in [0, 0.05) is 10.2 Å². The summed E-state index contributed by atoms with van der Waals surface area (Å²) in [7, 11) is 0. The standard InChI is InChI=1S/C15H15BrN2O2/c16-11-5-7-12(8-6-11)18-15(19)9-10-20-14-4-2-1-3-13(14)17/h1-8H,9-10,17H2,(H,18,19). The van der Waals surface area contributed by atoms with Crippen molar-refractivity contribution in [2.75, 3.05) is 17.7 Å². The summed E-state index contributed by atoms with van der Waals surface area (Å²) in [5.41, 5.74) is 7.08. The second-order valence-corrected chi connectivity index (χ2v) is 5.11. The predicted molar refractivity (Wildman–Crippen MR) is 83.7 cm³/mol. The van der Waals surface area contributed by atoms with Gasteiger partial charge in [-0.3, -0.25) is 4.79 Å². The number of carbonyl (C=O) groups excluding carboxylic acids is 1. The molecule has 5 heteroatoms. The van der Waals surface area contributed by atoms with E-state index in [9.17, 15) is 4.79 Å². The molecule has 0 fully saturated rings. The number of amides is 1. The van der Waals surface area contributed by atoms with E-state index in [-0.39, 0.29) is 18.9 Å². The Morgan fingerprint density at radius 1 is 1.15 bits per heavy atom. The summed E-state index contributed by atoms with van der Waals surface area (Å²) in [6, 6.07) is 14.6. The Morgan fingerprint density at radius 2 is 1.85 bits per heavy atom. The van der Waals surface area contributed by atoms with Crippen molar-refractivity contribution in [3.8, 4) is 5.75 Å². The van der Waals surface area contributed by atoms with Crippen LogP contribution in [0.5, 0.6) is 5.75 Å². The number of hydrogen-bond acceptors (Lipinski definition) is 3. The zero-order chi connectivity index (χ0) is 14.4. The van der Waals surface area contributed by atoms with Gasteiger partial charge in [-0.05, 0) is 36.4 Å². The fourth-order valence-corrected chi connectivity index (χ4v) is 1.89. The number of nitrogens with one attached hydrogen (secondary N) is 1. The number of nitrogen functional groups attached to an aromatic ring is 1. The highest BCUT2D eigenvalue weighted by molar-refractivity contribution is 9.10. The van der Waals surface area contributed by atoms with Gasteiger partial charge in [0.2, 0.25) is 5.91 Å². The molecule has 0 atom stereocenters. The van der Waals surface area contributed by atoms with Crippen LogP contribution in [0.1, 0.15) is 6.42 Å². The molecule has 0 spiro atoms. The molecule has 0 radical (unpaired) electrons. The van der Waals surface area contributed by atoms with Gasteiger partial charge < -0.3 is 15.8 Å². The first kappa shape index (κ1) is 14.4. The van der Waals surface area contributed by atoms with Gasteiger partial charge in [-0.1, -0.05) is 28.1 Å². The normalized spacial score (nSPS) is 10.1. The lowest BCUT2D eigenvalue weighted by Gasteiger charge is -2.09. The van der Waals surface area contributed by atoms with Crippen LogP contribution in [0.4, 0.5) is 11.4 Å². The Kier molecular flexibility index (Phi) is 5.01. The molecule has 0 heterocycles. The van der Waals surface area contributed by atoms with E-state index in [1.54, 1.807) is 12.1 Å². The first-order chi connectivity index (χ1) is 9.65. The molecule has 0 unspecified atom stereocenters. The summed E-state index contributed by atoms with van der Waals surface area (Å²) in [5, 5.41) is 2.80. The van der Waals surface area contributed by atoms with Gasteiger partial charge in [0.05, 0.1) is 18.7 Å². The number of halogens is 1. The van der Waals surface area contributed by atoms with Crippen molar-refractivity contribution in [2.45, 2.75) is 6.42 Å². The maximum atomic E-state index is 11.7. The topological polar surface area (TPSA) is 64.3 Å². The van der Waals surface area contributed by atoms with E-state index in [0.717, 1.165) is 10.2 Å². The molecule has 0 aromatic heterocycles. The molecular weight excluding hydrogens is 320 g/mol. The van der Waals surface area contributed by atoms with Crippen LogP contribution >= 0.6 is 15.9 Å². The molecule has 2 aromatic carbocycles. The molecule has 2 rings (SSSR count). The number of benzene rings is 2. The maximum absolute atomic E-state index is 11.7. The summed E-state index contributed by atoms with van der Waals surface area (Å²) in [6.07, 6.45) is 0.268. The molecule has 0 saturated heterocycles. The van der Waals surface area contributed by atoms with Crippen LogP contribution in [-0.4, -0.2) is 12.5 Å². The van der Waals surface area contributed by atoms with E-state index in [0.29, 0.717) is 11.4 Å². The van der Waals surface area contributed by atoms with E-state index < -0.39 is 0 Å². The Balaban J connectivity index is 1.78. The first-order valence-electron chi connectivity index (χ1n) is 6.18. The number of nitrogens with two attached hydrogens (primary N) is 1. The highest BCUT2D eigenvalue weighted by Gasteiger charge is 2.04. The number of para-hydroxylation sites is 2. The Hall–Kier alpha value is -2.01. The predicted octanol–water partition coefficient (Wildman–Crippen LogP) is 3.44. The molecule has 0 aliphatic carbocycles. The van der Waals surface area contributed by atoms with Crippen LogP contribution in [-0.2, 0) is 4.79 Å². The third-order valence-electron chi connectivity index (χ3n) is 2.63. The van der Waals surface area contributed by atoms with Gasteiger partial charge >= 0.3 is 0 Å². The van der Waals surface area contributed by atoms with Gasteiger partial charge in [0.25, 0.3) is 0 Å². The zero-order valence-electron chi connectivity index (χ0n) is 10.8. The third-order valence-corrected chi connectivity index (χ3v) is 3.16. The molecule has 0 aliphatic heterocycles. The minimum Gasteiger partial charge on any atom is -0.491 e. The summed E-state index contributed by atoms with van der Waals surface area (Å²) < 4.78 is 6.44. The average Bonchev–Trinajstić information content (AvgIpc) is 2.43. The smallest absolute Gasteiger partial charge is 0.227 e. The minimum atomic E-state index is -0.0955.